The van der Waals surface area contributed by atoms with Gasteiger partial charge in [-0.15, -0.1) is 0 Å². The van der Waals surface area contributed by atoms with Gasteiger partial charge in [-0.2, -0.15) is 0 Å². The molecule has 0 radical (unpaired) electrons. The smallest absolute Gasteiger partial charge is 0.339 e. The van der Waals surface area contributed by atoms with Crippen LogP contribution in [0.1, 0.15) is 20.7 Å². The van der Waals surface area contributed by atoms with Crippen molar-refractivity contribution in [3.8, 4) is 5.75 Å². The van der Waals surface area contributed by atoms with Gasteiger partial charge in [-0.3, -0.25) is 4.79 Å². The summed E-state index contributed by atoms with van der Waals surface area (Å²) in [7, 11) is 2.96. The van der Waals surface area contributed by atoms with Gasteiger partial charge in [0.25, 0.3) is 5.91 Å². The lowest BCUT2D eigenvalue weighted by atomic mass is 10.1. The molecule has 0 bridgehead atoms. The summed E-state index contributed by atoms with van der Waals surface area (Å²) in [6, 6.07) is 14.6. The van der Waals surface area contributed by atoms with Crippen molar-refractivity contribution < 1.29 is 19.1 Å². The number of methoxy groups -OCH3 is 2. The van der Waals surface area contributed by atoms with Gasteiger partial charge in [0.15, 0.2) is 0 Å². The van der Waals surface area contributed by atoms with Crippen molar-refractivity contribution in [2.45, 2.75) is 0 Å². The van der Waals surface area contributed by atoms with Gasteiger partial charge in [-0.1, -0.05) is 18.2 Å². The summed E-state index contributed by atoms with van der Waals surface area (Å²) in [6.07, 6.45) is 0. The lowest BCUT2D eigenvalue weighted by Gasteiger charge is -2.36. The van der Waals surface area contributed by atoms with Crippen LogP contribution in [0, 0.1) is 0 Å². The standard InChI is InChI=1S/C20H22N2O4/c1-25-16-7-5-6-15(14-16)19(23)22-12-10-21(11-13-22)18-9-4-3-8-17(18)20(24)26-2/h3-9,14H,10-13H2,1-2H3. The molecule has 1 aliphatic rings. The Hall–Kier alpha value is -3.02. The van der Waals surface area contributed by atoms with Gasteiger partial charge >= 0.3 is 5.97 Å². The molecule has 1 aliphatic heterocycles. The van der Waals surface area contributed by atoms with Crippen LogP contribution in [0.15, 0.2) is 48.5 Å². The van der Waals surface area contributed by atoms with Crippen LogP contribution < -0.4 is 9.64 Å². The maximum absolute atomic E-state index is 12.7. The van der Waals surface area contributed by atoms with Crippen molar-refractivity contribution in [1.82, 2.24) is 4.90 Å². The maximum atomic E-state index is 12.7. The number of benzene rings is 2. The minimum atomic E-state index is -0.351. The van der Waals surface area contributed by atoms with E-state index in [9.17, 15) is 9.59 Å². The van der Waals surface area contributed by atoms with Crippen LogP contribution in [-0.4, -0.2) is 57.2 Å². The lowest BCUT2D eigenvalue weighted by Crippen LogP contribution is -2.49. The van der Waals surface area contributed by atoms with Crippen LogP contribution in [0.5, 0.6) is 5.75 Å². The van der Waals surface area contributed by atoms with Crippen molar-refractivity contribution in [3.63, 3.8) is 0 Å². The fraction of sp³-hybridized carbons (Fsp3) is 0.300. The normalized spacial score (nSPS) is 14.1. The third-order valence-corrected chi connectivity index (χ3v) is 4.53. The van der Waals surface area contributed by atoms with Crippen molar-refractivity contribution in [1.29, 1.82) is 0 Å². The van der Waals surface area contributed by atoms with Gasteiger partial charge in [0.2, 0.25) is 0 Å². The number of hydrogen-bond donors (Lipinski definition) is 0. The van der Waals surface area contributed by atoms with Crippen LogP contribution in [0.2, 0.25) is 0 Å². The highest BCUT2D eigenvalue weighted by Crippen LogP contribution is 2.23. The lowest BCUT2D eigenvalue weighted by molar-refractivity contribution is 0.0600. The second-order valence-corrected chi connectivity index (χ2v) is 6.02. The molecular weight excluding hydrogens is 332 g/mol. The molecule has 136 valence electrons. The van der Waals surface area contributed by atoms with E-state index in [4.69, 9.17) is 9.47 Å². The highest BCUT2D eigenvalue weighted by atomic mass is 16.5. The molecule has 3 rings (SSSR count). The number of esters is 1. The first kappa shape index (κ1) is 17.8. The molecular formula is C20H22N2O4. The van der Waals surface area contributed by atoms with Gasteiger partial charge in [0.1, 0.15) is 5.75 Å². The number of para-hydroxylation sites is 1. The van der Waals surface area contributed by atoms with Crippen LogP contribution in [-0.2, 0) is 4.74 Å². The number of amides is 1. The zero-order chi connectivity index (χ0) is 18.5. The number of carbonyl (C=O) groups is 2. The minimum Gasteiger partial charge on any atom is -0.497 e. The molecule has 1 fully saturated rings. The van der Waals surface area contributed by atoms with Crippen molar-refractivity contribution in [2.24, 2.45) is 0 Å². The fourth-order valence-electron chi connectivity index (χ4n) is 3.12. The Kier molecular flexibility index (Phi) is 5.41. The molecule has 0 spiro atoms. The quantitative estimate of drug-likeness (QED) is 0.790. The Balaban J connectivity index is 1.70. The van der Waals surface area contributed by atoms with E-state index in [0.717, 1.165) is 5.69 Å². The molecule has 2 aromatic rings. The minimum absolute atomic E-state index is 0.00944. The molecule has 0 saturated carbocycles. The summed E-state index contributed by atoms with van der Waals surface area (Å²) >= 11 is 0. The summed E-state index contributed by atoms with van der Waals surface area (Å²) in [6.45, 7) is 2.49. The number of carbonyl (C=O) groups excluding carboxylic acids is 2. The van der Waals surface area contributed by atoms with E-state index < -0.39 is 0 Å². The number of nitrogens with zero attached hydrogens (tertiary/aromatic N) is 2. The molecule has 6 heteroatoms. The van der Waals surface area contributed by atoms with Crippen LogP contribution in [0.4, 0.5) is 5.69 Å². The molecule has 1 heterocycles. The van der Waals surface area contributed by atoms with E-state index in [1.54, 1.807) is 25.3 Å². The van der Waals surface area contributed by atoms with Gasteiger partial charge in [-0.25, -0.2) is 4.79 Å². The zero-order valence-corrected chi connectivity index (χ0v) is 15.0. The molecule has 0 atom stereocenters. The van der Waals surface area contributed by atoms with E-state index in [2.05, 4.69) is 4.90 Å². The molecule has 0 N–H and O–H groups in total. The van der Waals surface area contributed by atoms with Crippen LogP contribution in [0.3, 0.4) is 0 Å². The van der Waals surface area contributed by atoms with E-state index >= 15 is 0 Å². The first-order chi connectivity index (χ1) is 12.6. The molecule has 1 amide bonds. The second kappa shape index (κ2) is 7.91. The maximum Gasteiger partial charge on any atom is 0.339 e. The van der Waals surface area contributed by atoms with Crippen molar-refractivity contribution in [3.05, 3.63) is 59.7 Å². The third kappa shape index (κ3) is 3.64. The largest absolute Gasteiger partial charge is 0.497 e. The molecule has 26 heavy (non-hydrogen) atoms. The van der Waals surface area contributed by atoms with E-state index in [1.165, 1.54) is 7.11 Å². The average molecular weight is 354 g/mol. The number of rotatable bonds is 4. The molecule has 0 unspecified atom stereocenters. The van der Waals surface area contributed by atoms with Crippen molar-refractivity contribution >= 4 is 17.6 Å². The first-order valence-corrected chi connectivity index (χ1v) is 8.49. The van der Waals surface area contributed by atoms with Gasteiger partial charge in [0.05, 0.1) is 25.5 Å². The van der Waals surface area contributed by atoms with E-state index in [1.807, 2.05) is 35.2 Å². The van der Waals surface area contributed by atoms with Gasteiger partial charge < -0.3 is 19.3 Å². The van der Waals surface area contributed by atoms with Crippen molar-refractivity contribution in [2.75, 3.05) is 45.3 Å². The molecule has 6 nitrogen and oxygen atoms in total. The number of hydrogen-bond acceptors (Lipinski definition) is 5. The molecule has 0 aliphatic carbocycles. The Morgan fingerprint density at radius 3 is 2.35 bits per heavy atom. The SMILES string of the molecule is COC(=O)c1ccccc1N1CCN(C(=O)c2cccc(OC)c2)CC1. The predicted octanol–water partition coefficient (Wildman–Crippen LogP) is 2.44. The zero-order valence-electron chi connectivity index (χ0n) is 15.0. The molecule has 0 aromatic heterocycles. The summed E-state index contributed by atoms with van der Waals surface area (Å²) < 4.78 is 10.1. The Morgan fingerprint density at radius 2 is 1.65 bits per heavy atom. The topological polar surface area (TPSA) is 59.1 Å². The van der Waals surface area contributed by atoms with Crippen LogP contribution in [0.25, 0.3) is 0 Å². The Bertz CT molecular complexity index is 798. The predicted molar refractivity (Wildman–Crippen MR) is 98.9 cm³/mol. The van der Waals surface area contributed by atoms with E-state index in [-0.39, 0.29) is 11.9 Å². The van der Waals surface area contributed by atoms with Gasteiger partial charge in [-0.05, 0) is 30.3 Å². The monoisotopic (exact) mass is 354 g/mol. The molecule has 1 saturated heterocycles. The first-order valence-electron chi connectivity index (χ1n) is 8.49. The highest BCUT2D eigenvalue weighted by Gasteiger charge is 2.25. The van der Waals surface area contributed by atoms with E-state index in [0.29, 0.717) is 43.1 Å². The number of piperazine rings is 1. The molecule has 2 aromatic carbocycles. The second-order valence-electron chi connectivity index (χ2n) is 6.02. The Labute approximate surface area is 152 Å². The highest BCUT2D eigenvalue weighted by molar-refractivity contribution is 5.96. The summed E-state index contributed by atoms with van der Waals surface area (Å²) in [4.78, 5) is 28.6. The number of anilines is 1. The average Bonchev–Trinajstić information content (AvgIpc) is 2.72. The Morgan fingerprint density at radius 1 is 0.923 bits per heavy atom. The number of ether oxygens (including phenoxy) is 2. The fourth-order valence-corrected chi connectivity index (χ4v) is 3.12. The third-order valence-electron chi connectivity index (χ3n) is 4.53. The summed E-state index contributed by atoms with van der Waals surface area (Å²) in [5.41, 5.74) is 2.00. The van der Waals surface area contributed by atoms with Crippen LogP contribution >= 0.6 is 0 Å². The van der Waals surface area contributed by atoms with Gasteiger partial charge in [0, 0.05) is 31.7 Å². The summed E-state index contributed by atoms with van der Waals surface area (Å²) in [5, 5.41) is 0. The summed E-state index contributed by atoms with van der Waals surface area (Å²) in [5.74, 6) is 0.307.